The van der Waals surface area contributed by atoms with E-state index in [1.807, 2.05) is 48.5 Å². The van der Waals surface area contributed by atoms with Crippen LogP contribution in [0.2, 0.25) is 0 Å². The molecule has 0 spiro atoms. The predicted molar refractivity (Wildman–Crippen MR) is 112 cm³/mol. The van der Waals surface area contributed by atoms with Crippen molar-refractivity contribution in [2.75, 3.05) is 19.1 Å². The molecule has 2 aliphatic heterocycles. The number of carbonyl (C=O) groups excluding carboxylic acids is 2. The molecule has 158 valence electrons. The third-order valence-corrected chi connectivity index (χ3v) is 7.39. The van der Waals surface area contributed by atoms with E-state index in [-0.39, 0.29) is 47.5 Å². The Hall–Kier alpha value is -3.35. The first-order chi connectivity index (χ1) is 15.1. The molecular weight excluding hydrogens is 396 g/mol. The Morgan fingerprint density at radius 3 is 2.39 bits per heavy atom. The number of benzene rings is 2. The third-order valence-electron chi connectivity index (χ3n) is 7.39. The molecule has 1 saturated heterocycles. The lowest BCUT2D eigenvalue weighted by Gasteiger charge is -2.30. The number of oxime groups is 1. The van der Waals surface area contributed by atoms with E-state index < -0.39 is 0 Å². The average molecular weight is 418 g/mol. The summed E-state index contributed by atoms with van der Waals surface area (Å²) in [6, 6.07) is 14.8. The Kier molecular flexibility index (Phi) is 3.91. The molecule has 0 radical (unpaired) electrons. The van der Waals surface area contributed by atoms with Crippen molar-refractivity contribution >= 4 is 23.2 Å². The van der Waals surface area contributed by atoms with Gasteiger partial charge in [0.2, 0.25) is 11.8 Å². The van der Waals surface area contributed by atoms with Gasteiger partial charge in [0.05, 0.1) is 37.5 Å². The first kappa shape index (κ1) is 18.4. The molecule has 0 N–H and O–H groups in total. The molecule has 6 atom stereocenters. The van der Waals surface area contributed by atoms with Gasteiger partial charge >= 0.3 is 0 Å². The molecule has 3 fully saturated rings. The van der Waals surface area contributed by atoms with Crippen molar-refractivity contribution in [1.29, 1.82) is 0 Å². The zero-order valence-corrected chi connectivity index (χ0v) is 17.2. The van der Waals surface area contributed by atoms with Gasteiger partial charge < -0.3 is 14.3 Å². The van der Waals surface area contributed by atoms with E-state index in [4.69, 9.17) is 14.3 Å². The van der Waals surface area contributed by atoms with Crippen LogP contribution < -0.4 is 14.4 Å². The number of carbonyl (C=O) groups is 2. The minimum absolute atomic E-state index is 0.00402. The van der Waals surface area contributed by atoms with Crippen LogP contribution in [0.3, 0.4) is 0 Å². The van der Waals surface area contributed by atoms with E-state index in [0.29, 0.717) is 17.2 Å². The third kappa shape index (κ3) is 2.37. The van der Waals surface area contributed by atoms with Crippen molar-refractivity contribution in [1.82, 2.24) is 0 Å². The van der Waals surface area contributed by atoms with Gasteiger partial charge in [0.1, 0.15) is 17.6 Å². The van der Waals surface area contributed by atoms with Gasteiger partial charge in [-0.25, -0.2) is 0 Å². The molecule has 2 amide bonds. The molecule has 0 aromatic heterocycles. The summed E-state index contributed by atoms with van der Waals surface area (Å²) < 4.78 is 10.9. The van der Waals surface area contributed by atoms with Gasteiger partial charge in [0.25, 0.3) is 0 Å². The summed E-state index contributed by atoms with van der Waals surface area (Å²) >= 11 is 0. The lowest BCUT2D eigenvalue weighted by Crippen LogP contribution is -2.41. The lowest BCUT2D eigenvalue weighted by molar-refractivity contribution is -0.125. The quantitative estimate of drug-likeness (QED) is 0.714. The van der Waals surface area contributed by atoms with E-state index in [1.165, 1.54) is 4.90 Å². The summed E-state index contributed by atoms with van der Waals surface area (Å²) in [5.41, 5.74) is 2.29. The lowest BCUT2D eigenvalue weighted by atomic mass is 9.71. The van der Waals surface area contributed by atoms with Crippen LogP contribution in [0.15, 0.2) is 53.7 Å². The van der Waals surface area contributed by atoms with Crippen LogP contribution in [-0.2, 0) is 14.4 Å². The number of methoxy groups -OCH3 is 2. The largest absolute Gasteiger partial charge is 0.497 e. The summed E-state index contributed by atoms with van der Waals surface area (Å²) in [5.74, 6) is 0.490. The minimum atomic E-state index is -0.328. The van der Waals surface area contributed by atoms with Crippen LogP contribution in [0.5, 0.6) is 11.5 Å². The Morgan fingerprint density at radius 2 is 1.68 bits per heavy atom. The number of ether oxygens (including phenoxy) is 2. The zero-order valence-electron chi connectivity index (χ0n) is 17.2. The molecule has 6 rings (SSSR count). The molecule has 2 heterocycles. The van der Waals surface area contributed by atoms with Crippen LogP contribution >= 0.6 is 0 Å². The molecule has 2 aromatic carbocycles. The van der Waals surface area contributed by atoms with Crippen molar-refractivity contribution in [3.63, 3.8) is 0 Å². The fourth-order valence-electron chi connectivity index (χ4n) is 6.19. The zero-order chi connectivity index (χ0) is 21.3. The van der Waals surface area contributed by atoms with Gasteiger partial charge in [-0.3, -0.25) is 14.5 Å². The highest BCUT2D eigenvalue weighted by atomic mass is 16.6. The molecular formula is C24H22N2O5. The number of para-hydroxylation sites is 1. The molecule has 2 saturated carbocycles. The minimum Gasteiger partial charge on any atom is -0.497 e. The van der Waals surface area contributed by atoms with Gasteiger partial charge in [-0.05, 0) is 36.6 Å². The molecule has 7 nitrogen and oxygen atoms in total. The van der Waals surface area contributed by atoms with Gasteiger partial charge in [0.15, 0.2) is 0 Å². The highest BCUT2D eigenvalue weighted by Crippen LogP contribution is 2.62. The Morgan fingerprint density at radius 1 is 0.935 bits per heavy atom. The molecule has 2 aliphatic carbocycles. The number of rotatable bonds is 4. The fourth-order valence-corrected chi connectivity index (χ4v) is 6.19. The van der Waals surface area contributed by atoms with Gasteiger partial charge in [-0.2, -0.15) is 0 Å². The highest BCUT2D eigenvalue weighted by Gasteiger charge is 2.70. The van der Waals surface area contributed by atoms with Crippen molar-refractivity contribution in [3.05, 3.63) is 54.1 Å². The van der Waals surface area contributed by atoms with Crippen LogP contribution in [0.25, 0.3) is 0 Å². The Balaban J connectivity index is 1.36. The van der Waals surface area contributed by atoms with Crippen molar-refractivity contribution in [2.24, 2.45) is 34.7 Å². The van der Waals surface area contributed by atoms with E-state index in [0.717, 1.165) is 17.7 Å². The number of hydrogen-bond donors (Lipinski definition) is 0. The van der Waals surface area contributed by atoms with Gasteiger partial charge in [-0.15, -0.1) is 0 Å². The van der Waals surface area contributed by atoms with E-state index in [2.05, 4.69) is 5.16 Å². The Bertz CT molecular complexity index is 1110. The molecule has 2 aromatic rings. The maximum absolute atomic E-state index is 13.4. The number of hydrogen-bond acceptors (Lipinski definition) is 6. The van der Waals surface area contributed by atoms with E-state index in [1.54, 1.807) is 14.2 Å². The smallest absolute Gasteiger partial charge is 0.238 e. The predicted octanol–water partition coefficient (Wildman–Crippen LogP) is 2.88. The van der Waals surface area contributed by atoms with Crippen LogP contribution in [0.1, 0.15) is 12.0 Å². The van der Waals surface area contributed by atoms with Crippen LogP contribution in [-0.4, -0.2) is 37.8 Å². The average Bonchev–Trinajstić information content (AvgIpc) is 3.54. The summed E-state index contributed by atoms with van der Waals surface area (Å²) in [6.07, 6.45) is 0.628. The second-order valence-electron chi connectivity index (χ2n) is 8.60. The monoisotopic (exact) mass is 418 g/mol. The first-order valence-corrected chi connectivity index (χ1v) is 10.5. The summed E-state index contributed by atoms with van der Waals surface area (Å²) in [6.45, 7) is 0. The SMILES string of the molecule is COc1ccc(C2=NOC3C4CC(C23)C2C(=O)N(c3ccccc3)C(=O)C42)c(OC)c1. The molecule has 2 bridgehead atoms. The maximum atomic E-state index is 13.4. The van der Waals surface area contributed by atoms with Gasteiger partial charge in [0, 0.05) is 23.5 Å². The van der Waals surface area contributed by atoms with Crippen molar-refractivity contribution in [3.8, 4) is 11.5 Å². The van der Waals surface area contributed by atoms with E-state index in [9.17, 15) is 9.59 Å². The number of anilines is 1. The fraction of sp³-hybridized carbons (Fsp3) is 0.375. The molecule has 7 heteroatoms. The Labute approximate surface area is 179 Å². The van der Waals surface area contributed by atoms with Gasteiger partial charge in [-0.1, -0.05) is 23.4 Å². The number of nitrogens with zero attached hydrogens (tertiary/aromatic N) is 2. The normalized spacial score (nSPS) is 32.6. The molecule has 31 heavy (non-hydrogen) atoms. The number of imide groups is 1. The number of fused-ring (bicyclic) bond motifs is 8. The topological polar surface area (TPSA) is 77.4 Å². The van der Waals surface area contributed by atoms with E-state index >= 15 is 0 Å². The van der Waals surface area contributed by atoms with Crippen LogP contribution in [0, 0.1) is 29.6 Å². The second kappa shape index (κ2) is 6.57. The van der Waals surface area contributed by atoms with Crippen LogP contribution in [0.4, 0.5) is 5.69 Å². The second-order valence-corrected chi connectivity index (χ2v) is 8.60. The maximum Gasteiger partial charge on any atom is 0.238 e. The van der Waals surface area contributed by atoms with Crippen molar-refractivity contribution in [2.45, 2.75) is 12.5 Å². The summed E-state index contributed by atoms with van der Waals surface area (Å²) in [4.78, 5) is 33.9. The molecule has 4 aliphatic rings. The summed E-state index contributed by atoms with van der Waals surface area (Å²) in [7, 11) is 3.22. The number of amides is 2. The highest BCUT2D eigenvalue weighted by molar-refractivity contribution is 6.23. The molecule has 6 unspecified atom stereocenters. The standard InChI is InChI=1S/C24H22N2O5/c1-29-13-8-9-14(17(10-13)30-2)21-20-15-11-16(22(20)31-25-21)19-18(15)23(27)26(24(19)28)12-6-4-3-5-7-12/h3-10,15-16,18-20,22H,11H2,1-2H3. The first-order valence-electron chi connectivity index (χ1n) is 10.5. The van der Waals surface area contributed by atoms with Crippen molar-refractivity contribution < 1.29 is 23.9 Å². The summed E-state index contributed by atoms with van der Waals surface area (Å²) in [5, 5.41) is 4.41.